The van der Waals surface area contributed by atoms with Crippen LogP contribution in [0.15, 0.2) is 30.3 Å². The molecule has 1 rings (SSSR count). The van der Waals surface area contributed by atoms with E-state index in [-0.39, 0.29) is 25.9 Å². The minimum absolute atomic E-state index is 0.225. The van der Waals surface area contributed by atoms with Crippen LogP contribution in [0.4, 0.5) is 0 Å². The Morgan fingerprint density at radius 1 is 1.10 bits per heavy atom. The van der Waals surface area contributed by atoms with Crippen LogP contribution in [0, 0.1) is 0 Å². The molecule has 2 unspecified atom stereocenters. The van der Waals surface area contributed by atoms with Crippen LogP contribution < -0.4 is 4.46 Å². The molecule has 20 heavy (non-hydrogen) atoms. The average molecular weight is 343 g/mol. The van der Waals surface area contributed by atoms with E-state index in [0.717, 1.165) is 12.8 Å². The van der Waals surface area contributed by atoms with E-state index in [1.54, 1.807) is 7.11 Å². The monoisotopic (exact) mass is 344 g/mol. The summed E-state index contributed by atoms with van der Waals surface area (Å²) in [6.45, 7) is 2.89. The van der Waals surface area contributed by atoms with Crippen molar-refractivity contribution < 1.29 is 9.84 Å². The van der Waals surface area contributed by atoms with Gasteiger partial charge in [0.25, 0.3) is 0 Å². The molecule has 0 amide bonds. The van der Waals surface area contributed by atoms with Gasteiger partial charge in [0, 0.05) is 0 Å². The Morgan fingerprint density at radius 3 is 2.45 bits per heavy atom. The number of methoxy groups -OCH3 is 1. The van der Waals surface area contributed by atoms with Gasteiger partial charge in [0.2, 0.25) is 0 Å². The van der Waals surface area contributed by atoms with E-state index in [4.69, 9.17) is 4.74 Å². The number of rotatable bonds is 11. The van der Waals surface area contributed by atoms with Gasteiger partial charge in [-0.25, -0.2) is 0 Å². The fourth-order valence-electron chi connectivity index (χ4n) is 2.20. The summed E-state index contributed by atoms with van der Waals surface area (Å²) in [4.78, 5) is 0.265. The van der Waals surface area contributed by atoms with Crippen LogP contribution in [0.3, 0.4) is 0 Å². The third-order valence-electron chi connectivity index (χ3n) is 3.39. The fourth-order valence-corrected chi connectivity index (χ4v) is 4.64. The van der Waals surface area contributed by atoms with Crippen LogP contribution in [0.1, 0.15) is 45.4 Å². The molecule has 0 aromatic heterocycles. The van der Waals surface area contributed by atoms with Crippen molar-refractivity contribution in [2.45, 2.75) is 56.4 Å². The second-order valence-electron chi connectivity index (χ2n) is 5.19. The number of benzene rings is 1. The molecule has 1 N–H and O–H groups in total. The normalized spacial score (nSPS) is 14.2. The van der Waals surface area contributed by atoms with Crippen LogP contribution in [0.25, 0.3) is 0 Å². The summed E-state index contributed by atoms with van der Waals surface area (Å²) in [5.74, 6) is 0. The predicted octanol–water partition coefficient (Wildman–Crippen LogP) is 3.17. The molecule has 1 aromatic rings. The number of ether oxygens (including phenoxy) is 1. The number of unbranched alkanes of at least 4 members (excludes halogenated alkanes) is 4. The van der Waals surface area contributed by atoms with Gasteiger partial charge < -0.3 is 0 Å². The molecule has 0 saturated carbocycles. The summed E-state index contributed by atoms with van der Waals surface area (Å²) in [5, 5.41) is 10.4. The zero-order valence-corrected chi connectivity index (χ0v) is 14.5. The van der Waals surface area contributed by atoms with Crippen molar-refractivity contribution in [1.82, 2.24) is 0 Å². The van der Waals surface area contributed by atoms with Crippen molar-refractivity contribution in [3.63, 3.8) is 0 Å². The van der Waals surface area contributed by atoms with E-state index in [0.29, 0.717) is 6.61 Å². The maximum absolute atomic E-state index is 10.4. The van der Waals surface area contributed by atoms with Gasteiger partial charge in [-0.3, -0.25) is 0 Å². The molecule has 2 nitrogen and oxygen atoms in total. The van der Waals surface area contributed by atoms with Crippen molar-refractivity contribution >= 4 is 19.4 Å². The van der Waals surface area contributed by atoms with Gasteiger partial charge in [-0.05, 0) is 0 Å². The average Bonchev–Trinajstić information content (AvgIpc) is 2.47. The van der Waals surface area contributed by atoms with Gasteiger partial charge in [-0.2, -0.15) is 0 Å². The molecule has 3 heteroatoms. The van der Waals surface area contributed by atoms with Crippen LogP contribution in [-0.4, -0.2) is 39.9 Å². The standard InChI is InChI=1S/C17H28O2Se/c1-3-4-5-6-10-13-16(18)17(14-19-2)20-15-11-8-7-9-12-15/h7-9,11-12,16-18H,3-6,10,13-14H2,1-2H3. The second-order valence-corrected chi connectivity index (χ2v) is 7.95. The first-order valence-corrected chi connectivity index (χ1v) is 9.51. The molecule has 0 spiro atoms. The van der Waals surface area contributed by atoms with Crippen molar-refractivity contribution in [3.8, 4) is 0 Å². The summed E-state index contributed by atoms with van der Waals surface area (Å²) in [6, 6.07) is 10.5. The number of hydrogen-bond acceptors (Lipinski definition) is 2. The van der Waals surface area contributed by atoms with Gasteiger partial charge in [0.1, 0.15) is 0 Å². The van der Waals surface area contributed by atoms with Crippen molar-refractivity contribution in [2.24, 2.45) is 0 Å². The molecule has 0 aliphatic rings. The summed E-state index contributed by atoms with van der Waals surface area (Å²) in [5.41, 5.74) is 0. The molecule has 0 fully saturated rings. The maximum atomic E-state index is 10.4. The zero-order valence-electron chi connectivity index (χ0n) is 12.8. The molecular weight excluding hydrogens is 315 g/mol. The third-order valence-corrected chi connectivity index (χ3v) is 6.12. The molecular formula is C17H28O2Se. The van der Waals surface area contributed by atoms with Gasteiger partial charge >= 0.3 is 130 Å². The Kier molecular flexibility index (Phi) is 10.0. The quantitative estimate of drug-likeness (QED) is 0.494. The molecule has 114 valence electrons. The summed E-state index contributed by atoms with van der Waals surface area (Å²) in [7, 11) is 1.72. The molecule has 0 heterocycles. The third kappa shape index (κ3) is 7.44. The first-order valence-electron chi connectivity index (χ1n) is 7.66. The van der Waals surface area contributed by atoms with Crippen molar-refractivity contribution in [3.05, 3.63) is 30.3 Å². The summed E-state index contributed by atoms with van der Waals surface area (Å²) < 4.78 is 6.64. The van der Waals surface area contributed by atoms with E-state index in [2.05, 4.69) is 31.2 Å². The molecule has 2 atom stereocenters. The van der Waals surface area contributed by atoms with Crippen LogP contribution in [0.2, 0.25) is 4.82 Å². The van der Waals surface area contributed by atoms with Gasteiger partial charge in [-0.15, -0.1) is 0 Å². The Bertz CT molecular complexity index is 329. The zero-order chi connectivity index (χ0) is 14.6. The number of hydrogen-bond donors (Lipinski definition) is 1. The molecule has 0 aliphatic heterocycles. The van der Waals surface area contributed by atoms with E-state index in [9.17, 15) is 5.11 Å². The SMILES string of the molecule is CCCCCCCC(O)C(COC)[Se]c1ccccc1. The van der Waals surface area contributed by atoms with Crippen LogP contribution in [0.5, 0.6) is 0 Å². The van der Waals surface area contributed by atoms with Gasteiger partial charge in [0.05, 0.1) is 0 Å². The Morgan fingerprint density at radius 2 is 1.80 bits per heavy atom. The minimum atomic E-state index is -0.225. The Balaban J connectivity index is 2.36. The second kappa shape index (κ2) is 11.3. The van der Waals surface area contributed by atoms with Crippen molar-refractivity contribution in [2.75, 3.05) is 13.7 Å². The van der Waals surface area contributed by atoms with E-state index in [1.807, 2.05) is 6.07 Å². The molecule has 0 radical (unpaired) electrons. The number of aliphatic hydroxyl groups is 1. The molecule has 0 aliphatic carbocycles. The van der Waals surface area contributed by atoms with Crippen LogP contribution >= 0.6 is 0 Å². The Labute approximate surface area is 130 Å². The van der Waals surface area contributed by atoms with Gasteiger partial charge in [-0.1, -0.05) is 0 Å². The van der Waals surface area contributed by atoms with Crippen LogP contribution in [-0.2, 0) is 4.74 Å². The Hall–Kier alpha value is -0.341. The van der Waals surface area contributed by atoms with E-state index >= 15 is 0 Å². The predicted molar refractivity (Wildman–Crippen MR) is 86.8 cm³/mol. The fraction of sp³-hybridized carbons (Fsp3) is 0.647. The number of aliphatic hydroxyl groups excluding tert-OH is 1. The van der Waals surface area contributed by atoms with E-state index in [1.165, 1.54) is 30.1 Å². The molecule has 1 aromatic carbocycles. The first kappa shape index (κ1) is 17.7. The first-order chi connectivity index (χ1) is 9.77. The molecule has 0 bridgehead atoms. The molecule has 0 saturated heterocycles. The summed E-state index contributed by atoms with van der Waals surface area (Å²) in [6.07, 6.45) is 6.93. The van der Waals surface area contributed by atoms with Crippen molar-refractivity contribution in [1.29, 1.82) is 0 Å². The van der Waals surface area contributed by atoms with E-state index < -0.39 is 0 Å². The topological polar surface area (TPSA) is 29.5 Å². The summed E-state index contributed by atoms with van der Waals surface area (Å²) >= 11 is 0.278. The van der Waals surface area contributed by atoms with Gasteiger partial charge in [0.15, 0.2) is 0 Å².